The molecule has 1 fully saturated rings. The third kappa shape index (κ3) is 2.21. The molecule has 1 aliphatic heterocycles. The summed E-state index contributed by atoms with van der Waals surface area (Å²) >= 11 is 0. The highest BCUT2D eigenvalue weighted by Gasteiger charge is 2.32. The zero-order valence-electron chi connectivity index (χ0n) is 11.3. The number of hydrogen-bond acceptors (Lipinski definition) is 3. The molecule has 0 amide bonds. The van der Waals surface area contributed by atoms with Crippen molar-refractivity contribution in [2.45, 2.75) is 51.1 Å². The maximum absolute atomic E-state index is 5.63. The molecule has 100 valence electrons. The van der Waals surface area contributed by atoms with Crippen LogP contribution in [0.4, 0.5) is 0 Å². The molecule has 2 heterocycles. The smallest absolute Gasteiger partial charge is 0.108 e. The van der Waals surface area contributed by atoms with Gasteiger partial charge in [0.05, 0.1) is 6.26 Å². The number of nitrogens with one attached hydrogen (secondary N) is 1. The molecule has 1 saturated heterocycles. The molecule has 1 aromatic heterocycles. The van der Waals surface area contributed by atoms with Crippen molar-refractivity contribution in [1.29, 1.82) is 0 Å². The van der Waals surface area contributed by atoms with E-state index in [2.05, 4.69) is 23.2 Å². The first-order valence-corrected chi connectivity index (χ1v) is 7.43. The Morgan fingerprint density at radius 2 is 2.39 bits per heavy atom. The van der Waals surface area contributed by atoms with Gasteiger partial charge in [0.25, 0.3) is 0 Å². The summed E-state index contributed by atoms with van der Waals surface area (Å²) in [6, 6.07) is 3.51. The van der Waals surface area contributed by atoms with Crippen LogP contribution < -0.4 is 5.32 Å². The van der Waals surface area contributed by atoms with Crippen molar-refractivity contribution in [2.75, 3.05) is 19.6 Å². The highest BCUT2D eigenvalue weighted by atomic mass is 16.3. The first-order chi connectivity index (χ1) is 8.90. The van der Waals surface area contributed by atoms with Gasteiger partial charge in [-0.1, -0.05) is 6.92 Å². The van der Waals surface area contributed by atoms with Crippen LogP contribution in [-0.4, -0.2) is 30.6 Å². The second-order valence-corrected chi connectivity index (χ2v) is 5.59. The highest BCUT2D eigenvalue weighted by molar-refractivity contribution is 5.24. The summed E-state index contributed by atoms with van der Waals surface area (Å²) in [5, 5.41) is 3.50. The van der Waals surface area contributed by atoms with Crippen molar-refractivity contribution in [3.8, 4) is 0 Å². The molecular weight excluding hydrogens is 224 g/mol. The quantitative estimate of drug-likeness (QED) is 0.888. The molecule has 3 rings (SSSR count). The van der Waals surface area contributed by atoms with Crippen molar-refractivity contribution < 1.29 is 4.42 Å². The highest BCUT2D eigenvalue weighted by Crippen LogP contribution is 2.36. The van der Waals surface area contributed by atoms with Gasteiger partial charge in [-0.15, -0.1) is 0 Å². The van der Waals surface area contributed by atoms with Crippen LogP contribution in [0.3, 0.4) is 0 Å². The Bertz CT molecular complexity index is 382. The molecule has 1 N–H and O–H groups in total. The number of furan rings is 1. The van der Waals surface area contributed by atoms with Gasteiger partial charge in [-0.3, -0.25) is 4.90 Å². The first-order valence-electron chi connectivity index (χ1n) is 7.43. The fourth-order valence-electron chi connectivity index (χ4n) is 3.58. The van der Waals surface area contributed by atoms with E-state index in [-0.39, 0.29) is 0 Å². The molecule has 2 aliphatic rings. The minimum Gasteiger partial charge on any atom is -0.469 e. The maximum Gasteiger partial charge on any atom is 0.108 e. The van der Waals surface area contributed by atoms with Crippen LogP contribution in [0.5, 0.6) is 0 Å². The SMILES string of the molecule is CCCN(C1CCNC1)C1CCCc2occc21. The van der Waals surface area contributed by atoms with Gasteiger partial charge in [-0.25, -0.2) is 0 Å². The molecule has 1 aromatic rings. The topological polar surface area (TPSA) is 28.4 Å². The van der Waals surface area contributed by atoms with E-state index in [1.165, 1.54) is 50.1 Å². The van der Waals surface area contributed by atoms with Crippen LogP contribution in [0.15, 0.2) is 16.7 Å². The van der Waals surface area contributed by atoms with Crippen LogP contribution in [0.1, 0.15) is 50.0 Å². The van der Waals surface area contributed by atoms with Crippen LogP contribution in [0.2, 0.25) is 0 Å². The van der Waals surface area contributed by atoms with E-state index in [1.807, 2.05) is 6.26 Å². The third-order valence-corrected chi connectivity index (χ3v) is 4.41. The van der Waals surface area contributed by atoms with Crippen molar-refractivity contribution in [1.82, 2.24) is 10.2 Å². The lowest BCUT2D eigenvalue weighted by Crippen LogP contribution is -2.41. The molecular formula is C15H24N2O. The number of aryl methyl sites for hydroxylation is 1. The largest absolute Gasteiger partial charge is 0.469 e. The molecule has 3 nitrogen and oxygen atoms in total. The van der Waals surface area contributed by atoms with Gasteiger partial charge in [0.2, 0.25) is 0 Å². The van der Waals surface area contributed by atoms with Crippen molar-refractivity contribution in [3.05, 3.63) is 23.7 Å². The molecule has 0 radical (unpaired) electrons. The van der Waals surface area contributed by atoms with Crippen LogP contribution in [0.25, 0.3) is 0 Å². The minimum absolute atomic E-state index is 0.595. The summed E-state index contributed by atoms with van der Waals surface area (Å²) in [6.45, 7) is 5.83. The lowest BCUT2D eigenvalue weighted by atomic mass is 9.91. The van der Waals surface area contributed by atoms with E-state index >= 15 is 0 Å². The van der Waals surface area contributed by atoms with E-state index in [0.29, 0.717) is 6.04 Å². The molecule has 18 heavy (non-hydrogen) atoms. The Morgan fingerprint density at radius 1 is 1.44 bits per heavy atom. The average Bonchev–Trinajstić information content (AvgIpc) is 3.06. The molecule has 2 atom stereocenters. The van der Waals surface area contributed by atoms with E-state index in [9.17, 15) is 0 Å². The summed E-state index contributed by atoms with van der Waals surface area (Å²) < 4.78 is 5.63. The Hall–Kier alpha value is -0.800. The van der Waals surface area contributed by atoms with Gasteiger partial charge in [0.1, 0.15) is 5.76 Å². The molecule has 0 aromatic carbocycles. The standard InChI is InChI=1S/C15H24N2O/c1-2-9-17(12-6-8-16-11-12)14-4-3-5-15-13(14)7-10-18-15/h7,10,12,14,16H,2-6,8-9,11H2,1H3. The lowest BCUT2D eigenvalue weighted by Gasteiger charge is -2.37. The molecule has 1 aliphatic carbocycles. The number of fused-ring (bicyclic) bond motifs is 1. The van der Waals surface area contributed by atoms with Crippen LogP contribution in [-0.2, 0) is 6.42 Å². The first kappa shape index (κ1) is 12.2. The van der Waals surface area contributed by atoms with E-state index in [0.717, 1.165) is 19.0 Å². The molecule has 0 bridgehead atoms. The Balaban J connectivity index is 1.82. The number of rotatable bonds is 4. The minimum atomic E-state index is 0.595. The van der Waals surface area contributed by atoms with Gasteiger partial charge in [-0.05, 0) is 44.8 Å². The van der Waals surface area contributed by atoms with Gasteiger partial charge in [-0.2, -0.15) is 0 Å². The van der Waals surface area contributed by atoms with Gasteiger partial charge in [0, 0.05) is 30.6 Å². The average molecular weight is 248 g/mol. The zero-order valence-corrected chi connectivity index (χ0v) is 11.3. The monoisotopic (exact) mass is 248 g/mol. The van der Waals surface area contributed by atoms with E-state index in [1.54, 1.807) is 0 Å². The Morgan fingerprint density at radius 3 is 3.17 bits per heavy atom. The molecule has 0 saturated carbocycles. The zero-order chi connectivity index (χ0) is 12.4. The van der Waals surface area contributed by atoms with Crippen LogP contribution >= 0.6 is 0 Å². The second kappa shape index (κ2) is 5.45. The summed E-state index contributed by atoms with van der Waals surface area (Å²) in [6.07, 6.45) is 8.10. The third-order valence-electron chi connectivity index (χ3n) is 4.41. The summed E-state index contributed by atoms with van der Waals surface area (Å²) in [5.41, 5.74) is 1.46. The van der Waals surface area contributed by atoms with Gasteiger partial charge < -0.3 is 9.73 Å². The van der Waals surface area contributed by atoms with E-state index < -0.39 is 0 Å². The Kier molecular flexibility index (Phi) is 3.71. The van der Waals surface area contributed by atoms with Gasteiger partial charge >= 0.3 is 0 Å². The predicted molar refractivity (Wildman–Crippen MR) is 72.7 cm³/mol. The van der Waals surface area contributed by atoms with Crippen molar-refractivity contribution in [2.24, 2.45) is 0 Å². The molecule has 2 unspecified atom stereocenters. The van der Waals surface area contributed by atoms with Crippen LogP contribution in [0, 0.1) is 0 Å². The molecule has 0 spiro atoms. The fraction of sp³-hybridized carbons (Fsp3) is 0.733. The van der Waals surface area contributed by atoms with Crippen molar-refractivity contribution in [3.63, 3.8) is 0 Å². The number of hydrogen-bond donors (Lipinski definition) is 1. The second-order valence-electron chi connectivity index (χ2n) is 5.59. The number of nitrogens with zero attached hydrogens (tertiary/aromatic N) is 1. The van der Waals surface area contributed by atoms with E-state index in [4.69, 9.17) is 4.42 Å². The summed E-state index contributed by atoms with van der Waals surface area (Å²) in [4.78, 5) is 2.73. The normalized spacial score (nSPS) is 27.7. The molecule has 3 heteroatoms. The summed E-state index contributed by atoms with van der Waals surface area (Å²) in [7, 11) is 0. The van der Waals surface area contributed by atoms with Crippen molar-refractivity contribution >= 4 is 0 Å². The lowest BCUT2D eigenvalue weighted by molar-refractivity contribution is 0.126. The summed E-state index contributed by atoms with van der Waals surface area (Å²) in [5.74, 6) is 1.23. The fourth-order valence-corrected chi connectivity index (χ4v) is 3.58. The predicted octanol–water partition coefficient (Wildman–Crippen LogP) is 2.73. The maximum atomic E-state index is 5.63. The Labute approximate surface area is 110 Å². The van der Waals surface area contributed by atoms with Gasteiger partial charge in [0.15, 0.2) is 0 Å².